The van der Waals surface area contributed by atoms with E-state index >= 15 is 0 Å². The van der Waals surface area contributed by atoms with Crippen LogP contribution >= 0.6 is 11.6 Å². The number of aromatic nitrogens is 2. The van der Waals surface area contributed by atoms with Crippen LogP contribution < -0.4 is 5.32 Å². The highest BCUT2D eigenvalue weighted by Crippen LogP contribution is 2.36. The highest BCUT2D eigenvalue weighted by Gasteiger charge is 2.30. The molecule has 2 rings (SSSR count). The molecule has 1 fully saturated rings. The monoisotopic (exact) mass is 297 g/mol. The van der Waals surface area contributed by atoms with E-state index < -0.39 is 0 Å². The van der Waals surface area contributed by atoms with Gasteiger partial charge in [-0.25, -0.2) is 0 Å². The number of hydrogen-bond donors (Lipinski definition) is 1. The van der Waals surface area contributed by atoms with Crippen molar-refractivity contribution >= 4 is 11.6 Å². The fourth-order valence-corrected chi connectivity index (χ4v) is 3.86. The maximum atomic E-state index is 6.41. The Labute approximate surface area is 128 Å². The first-order valence-corrected chi connectivity index (χ1v) is 8.35. The van der Waals surface area contributed by atoms with Gasteiger partial charge in [0.2, 0.25) is 0 Å². The van der Waals surface area contributed by atoms with Gasteiger partial charge >= 0.3 is 0 Å². The first-order valence-electron chi connectivity index (χ1n) is 7.98. The van der Waals surface area contributed by atoms with Crippen LogP contribution in [0.3, 0.4) is 0 Å². The molecule has 20 heavy (non-hydrogen) atoms. The van der Waals surface area contributed by atoms with Gasteiger partial charge in [-0.15, -0.1) is 0 Å². The lowest BCUT2D eigenvalue weighted by atomic mass is 9.92. The van der Waals surface area contributed by atoms with Crippen molar-refractivity contribution in [3.05, 3.63) is 16.4 Å². The second-order valence-electron chi connectivity index (χ2n) is 6.19. The molecule has 1 aromatic rings. The normalized spacial score (nSPS) is 24.2. The molecule has 0 spiro atoms. The molecule has 4 heteroatoms. The summed E-state index contributed by atoms with van der Waals surface area (Å²) in [7, 11) is 2.00. The predicted molar refractivity (Wildman–Crippen MR) is 85.2 cm³/mol. The third kappa shape index (κ3) is 3.37. The molecule has 1 heterocycles. The molecule has 1 saturated carbocycles. The second kappa shape index (κ2) is 6.95. The van der Waals surface area contributed by atoms with Crippen molar-refractivity contribution in [2.75, 3.05) is 6.54 Å². The molecular weight excluding hydrogens is 270 g/mol. The van der Waals surface area contributed by atoms with Crippen molar-refractivity contribution in [3.8, 4) is 0 Å². The lowest BCUT2D eigenvalue weighted by Crippen LogP contribution is -2.37. The van der Waals surface area contributed by atoms with E-state index in [4.69, 9.17) is 11.6 Å². The fraction of sp³-hybridized carbons (Fsp3) is 0.812. The van der Waals surface area contributed by atoms with E-state index in [-0.39, 0.29) is 0 Å². The van der Waals surface area contributed by atoms with E-state index in [0.717, 1.165) is 35.5 Å². The number of likely N-dealkylation sites (N-methyl/N-ethyl adjacent to an activating group) is 1. The summed E-state index contributed by atoms with van der Waals surface area (Å²) in [5, 5.41) is 8.97. The van der Waals surface area contributed by atoms with Gasteiger partial charge in [-0.1, -0.05) is 38.3 Å². The Morgan fingerprint density at radius 1 is 1.40 bits per heavy atom. The molecule has 0 aromatic carbocycles. The number of aryl methyl sites for hydroxylation is 2. The first kappa shape index (κ1) is 15.8. The number of nitrogens with one attached hydrogen (secondary N) is 1. The van der Waals surface area contributed by atoms with Crippen LogP contribution in [0.25, 0.3) is 0 Å². The minimum absolute atomic E-state index is 0.531. The molecule has 0 aliphatic heterocycles. The molecular formula is C16H28ClN3. The minimum Gasteiger partial charge on any atom is -0.314 e. The lowest BCUT2D eigenvalue weighted by molar-refractivity contribution is 0.344. The van der Waals surface area contributed by atoms with Crippen LogP contribution in [-0.2, 0) is 13.5 Å². The van der Waals surface area contributed by atoms with E-state index in [2.05, 4.69) is 24.3 Å². The van der Waals surface area contributed by atoms with Crippen molar-refractivity contribution in [1.29, 1.82) is 0 Å². The van der Waals surface area contributed by atoms with E-state index in [1.165, 1.54) is 31.4 Å². The Morgan fingerprint density at radius 3 is 2.65 bits per heavy atom. The molecule has 0 amide bonds. The zero-order valence-corrected chi connectivity index (χ0v) is 14.0. The molecule has 1 aliphatic carbocycles. The maximum Gasteiger partial charge on any atom is 0.0847 e. The smallest absolute Gasteiger partial charge is 0.0847 e. The van der Waals surface area contributed by atoms with Gasteiger partial charge in [0.1, 0.15) is 0 Å². The molecule has 1 aromatic heterocycles. The van der Waals surface area contributed by atoms with Crippen molar-refractivity contribution in [2.45, 2.75) is 58.9 Å². The molecule has 3 atom stereocenters. The number of hydrogen-bond acceptors (Lipinski definition) is 2. The predicted octanol–water partition coefficient (Wildman–Crippen LogP) is 3.73. The summed E-state index contributed by atoms with van der Waals surface area (Å²) in [6.07, 6.45) is 6.42. The van der Waals surface area contributed by atoms with E-state index in [0.29, 0.717) is 6.04 Å². The van der Waals surface area contributed by atoms with Gasteiger partial charge in [-0.2, -0.15) is 5.10 Å². The molecule has 114 valence electrons. The zero-order chi connectivity index (χ0) is 14.7. The lowest BCUT2D eigenvalue weighted by Gasteiger charge is -2.25. The number of halogens is 1. The minimum atomic E-state index is 0.531. The van der Waals surface area contributed by atoms with Crippen LogP contribution in [0.1, 0.15) is 50.9 Å². The standard InChI is InChI=1S/C16H28ClN3/c1-5-12-7-8-13(9-12)14(18-6-2)10-15-16(17)11(3)19-20(15)4/h12-14,18H,5-10H2,1-4H3. The van der Waals surface area contributed by atoms with E-state index in [1.54, 1.807) is 0 Å². The quantitative estimate of drug-likeness (QED) is 0.867. The number of rotatable bonds is 6. The number of nitrogens with zero attached hydrogens (tertiary/aromatic N) is 2. The molecule has 0 saturated heterocycles. The van der Waals surface area contributed by atoms with Gasteiger partial charge in [-0.05, 0) is 38.1 Å². The van der Waals surface area contributed by atoms with Crippen LogP contribution in [0.4, 0.5) is 0 Å². The zero-order valence-electron chi connectivity index (χ0n) is 13.2. The summed E-state index contributed by atoms with van der Waals surface area (Å²) in [4.78, 5) is 0. The fourth-order valence-electron chi connectivity index (χ4n) is 3.63. The molecule has 3 nitrogen and oxygen atoms in total. The molecule has 3 unspecified atom stereocenters. The summed E-state index contributed by atoms with van der Waals surface area (Å²) < 4.78 is 1.95. The van der Waals surface area contributed by atoms with E-state index in [1.807, 2.05) is 18.7 Å². The van der Waals surface area contributed by atoms with Crippen LogP contribution in [-0.4, -0.2) is 22.4 Å². The van der Waals surface area contributed by atoms with Gasteiger partial charge in [0.05, 0.1) is 16.4 Å². The summed E-state index contributed by atoms with van der Waals surface area (Å²) in [6, 6.07) is 0.531. The first-order chi connectivity index (χ1) is 9.56. The third-order valence-electron chi connectivity index (χ3n) is 4.87. The third-order valence-corrected chi connectivity index (χ3v) is 5.36. The maximum absolute atomic E-state index is 6.41. The Kier molecular flexibility index (Phi) is 5.50. The van der Waals surface area contributed by atoms with Crippen molar-refractivity contribution in [1.82, 2.24) is 15.1 Å². The van der Waals surface area contributed by atoms with Crippen LogP contribution in [0.5, 0.6) is 0 Å². The largest absolute Gasteiger partial charge is 0.314 e. The Bertz CT molecular complexity index is 441. The van der Waals surface area contributed by atoms with Crippen molar-refractivity contribution in [3.63, 3.8) is 0 Å². The van der Waals surface area contributed by atoms with Gasteiger partial charge in [-0.3, -0.25) is 4.68 Å². The summed E-state index contributed by atoms with van der Waals surface area (Å²) in [5.41, 5.74) is 2.12. The average Bonchev–Trinajstić information content (AvgIpc) is 2.98. The van der Waals surface area contributed by atoms with Crippen LogP contribution in [0.15, 0.2) is 0 Å². The topological polar surface area (TPSA) is 29.9 Å². The SMILES string of the molecule is CCNC(Cc1c(Cl)c(C)nn1C)C1CCC(CC)C1. The summed E-state index contributed by atoms with van der Waals surface area (Å²) in [6.45, 7) is 7.51. The van der Waals surface area contributed by atoms with Gasteiger partial charge < -0.3 is 5.32 Å². The average molecular weight is 298 g/mol. The van der Waals surface area contributed by atoms with Crippen LogP contribution in [0, 0.1) is 18.8 Å². The highest BCUT2D eigenvalue weighted by molar-refractivity contribution is 6.31. The second-order valence-corrected chi connectivity index (χ2v) is 6.56. The Balaban J connectivity index is 2.09. The summed E-state index contributed by atoms with van der Waals surface area (Å²) >= 11 is 6.41. The van der Waals surface area contributed by atoms with Crippen molar-refractivity contribution in [2.24, 2.45) is 18.9 Å². The Morgan fingerprint density at radius 2 is 2.15 bits per heavy atom. The van der Waals surface area contributed by atoms with Gasteiger partial charge in [0.15, 0.2) is 0 Å². The van der Waals surface area contributed by atoms with Crippen LogP contribution in [0.2, 0.25) is 5.02 Å². The van der Waals surface area contributed by atoms with E-state index in [9.17, 15) is 0 Å². The Hall–Kier alpha value is -0.540. The molecule has 1 aliphatic rings. The molecule has 0 radical (unpaired) electrons. The molecule has 1 N–H and O–H groups in total. The summed E-state index contributed by atoms with van der Waals surface area (Å²) in [5.74, 6) is 1.70. The van der Waals surface area contributed by atoms with Gasteiger partial charge in [0.25, 0.3) is 0 Å². The van der Waals surface area contributed by atoms with Crippen molar-refractivity contribution < 1.29 is 0 Å². The highest BCUT2D eigenvalue weighted by atomic mass is 35.5. The van der Waals surface area contributed by atoms with Gasteiger partial charge in [0, 0.05) is 19.5 Å². The molecule has 0 bridgehead atoms.